The van der Waals surface area contributed by atoms with E-state index in [1.54, 1.807) is 38.1 Å². The summed E-state index contributed by atoms with van der Waals surface area (Å²) in [7, 11) is 0. The molecule has 3 aromatic carbocycles. The summed E-state index contributed by atoms with van der Waals surface area (Å²) in [5.74, 6) is -2.63. The van der Waals surface area contributed by atoms with Crippen molar-refractivity contribution in [2.45, 2.75) is 62.7 Å². The van der Waals surface area contributed by atoms with Crippen molar-refractivity contribution in [2.75, 3.05) is 13.2 Å². The second-order valence-electron chi connectivity index (χ2n) is 11.9. The van der Waals surface area contributed by atoms with Crippen molar-refractivity contribution < 1.29 is 34.1 Å². The molecule has 0 spiro atoms. The number of nitrogens with one attached hydrogen (secondary N) is 2. The summed E-state index contributed by atoms with van der Waals surface area (Å²) in [5.41, 5.74) is 4.19. The van der Waals surface area contributed by atoms with E-state index in [1.807, 2.05) is 54.6 Å². The number of hydrogen-bond acceptors (Lipinski definition) is 6. The summed E-state index contributed by atoms with van der Waals surface area (Å²) in [5, 5.41) is 25.0. The summed E-state index contributed by atoms with van der Waals surface area (Å²) in [6, 6.07) is 21.2. The number of alkyl carbamates (subject to hydrolysis) is 1. The van der Waals surface area contributed by atoms with Crippen molar-refractivity contribution in [1.29, 1.82) is 0 Å². The number of rotatable bonds is 10. The van der Waals surface area contributed by atoms with Gasteiger partial charge in [-0.05, 0) is 54.5 Å². The number of aliphatic hydroxyl groups is 1. The van der Waals surface area contributed by atoms with Crippen molar-refractivity contribution in [3.8, 4) is 11.1 Å². The smallest absolute Gasteiger partial charge is 0.407 e. The maximum Gasteiger partial charge on any atom is 0.407 e. The van der Waals surface area contributed by atoms with Gasteiger partial charge in [-0.1, -0.05) is 78.9 Å². The molecule has 10 nitrogen and oxygen atoms in total. The molecule has 1 heterocycles. The highest BCUT2D eigenvalue weighted by Gasteiger charge is 2.48. The molecule has 230 valence electrons. The lowest BCUT2D eigenvalue weighted by molar-refractivity contribution is -0.147. The molecule has 44 heavy (non-hydrogen) atoms. The van der Waals surface area contributed by atoms with Gasteiger partial charge in [0.15, 0.2) is 0 Å². The highest BCUT2D eigenvalue weighted by molar-refractivity contribution is 5.94. The Morgan fingerprint density at radius 2 is 1.48 bits per heavy atom. The van der Waals surface area contributed by atoms with Gasteiger partial charge < -0.3 is 30.5 Å². The van der Waals surface area contributed by atoms with Crippen LogP contribution < -0.4 is 10.6 Å². The van der Waals surface area contributed by atoms with E-state index in [-0.39, 0.29) is 18.9 Å². The monoisotopic (exact) mass is 599 g/mol. The lowest BCUT2D eigenvalue weighted by Gasteiger charge is -2.37. The van der Waals surface area contributed by atoms with Crippen LogP contribution >= 0.6 is 0 Å². The Hall–Kier alpha value is -4.70. The third-order valence-corrected chi connectivity index (χ3v) is 8.55. The van der Waals surface area contributed by atoms with Gasteiger partial charge in [0.05, 0.1) is 6.61 Å². The predicted octanol–water partition coefficient (Wildman–Crippen LogP) is 3.47. The molecule has 3 aromatic rings. The largest absolute Gasteiger partial charge is 0.480 e. The van der Waals surface area contributed by atoms with E-state index >= 15 is 0 Å². The number of amides is 3. The molecule has 0 aromatic heterocycles. The van der Waals surface area contributed by atoms with Crippen LogP contribution in [0.4, 0.5) is 4.79 Å². The minimum atomic E-state index is -1.36. The van der Waals surface area contributed by atoms with Crippen molar-refractivity contribution in [3.63, 3.8) is 0 Å². The van der Waals surface area contributed by atoms with Crippen molar-refractivity contribution in [2.24, 2.45) is 0 Å². The zero-order valence-corrected chi connectivity index (χ0v) is 24.7. The topological polar surface area (TPSA) is 145 Å². The molecule has 4 N–H and O–H groups in total. The lowest BCUT2D eigenvalue weighted by atomic mass is 9.98. The first-order chi connectivity index (χ1) is 21.1. The first-order valence-electron chi connectivity index (χ1n) is 14.7. The third-order valence-electron chi connectivity index (χ3n) is 8.55. The molecule has 0 unspecified atom stereocenters. The molecule has 2 aliphatic rings. The number of carbonyl (C=O) groups is 4. The van der Waals surface area contributed by atoms with Crippen LogP contribution in [0.25, 0.3) is 11.1 Å². The summed E-state index contributed by atoms with van der Waals surface area (Å²) in [6.45, 7) is 2.90. The first-order valence-corrected chi connectivity index (χ1v) is 14.7. The Labute approximate surface area is 256 Å². The SMILES string of the molecule is CC1(C)CC[C@@H](C(=O)N[C@@H](Cc2ccccc2)C(=O)O)N1C(=O)[C@H](CO)NC(=O)OCC1c2ccccc2-c2ccccc21. The van der Waals surface area contributed by atoms with Crippen LogP contribution in [0.5, 0.6) is 0 Å². The number of fused-ring (bicyclic) bond motifs is 3. The minimum Gasteiger partial charge on any atom is -0.480 e. The third kappa shape index (κ3) is 6.30. The fraction of sp³-hybridized carbons (Fsp3) is 0.353. The van der Waals surface area contributed by atoms with Gasteiger partial charge in [0.1, 0.15) is 24.7 Å². The maximum atomic E-state index is 13.7. The number of carbonyl (C=O) groups excluding carboxylic acids is 3. The van der Waals surface area contributed by atoms with Gasteiger partial charge in [0, 0.05) is 17.9 Å². The molecule has 3 atom stereocenters. The van der Waals surface area contributed by atoms with Gasteiger partial charge in [-0.25, -0.2) is 9.59 Å². The summed E-state index contributed by atoms with van der Waals surface area (Å²) in [4.78, 5) is 53.4. The second-order valence-corrected chi connectivity index (χ2v) is 11.9. The molecule has 5 rings (SSSR count). The molecule has 0 radical (unpaired) electrons. The predicted molar refractivity (Wildman–Crippen MR) is 163 cm³/mol. The summed E-state index contributed by atoms with van der Waals surface area (Å²) in [6.07, 6.45) is -0.0259. The average Bonchev–Trinajstić information content (AvgIpc) is 3.52. The van der Waals surface area contributed by atoms with Gasteiger partial charge in [-0.3, -0.25) is 9.59 Å². The molecule has 3 amide bonds. The van der Waals surface area contributed by atoms with Crippen LogP contribution in [0.1, 0.15) is 49.3 Å². The van der Waals surface area contributed by atoms with Crippen LogP contribution in [0.3, 0.4) is 0 Å². The molecule has 0 saturated carbocycles. The van der Waals surface area contributed by atoms with Crippen molar-refractivity contribution in [1.82, 2.24) is 15.5 Å². The number of carboxylic acid groups (broad SMARTS) is 1. The lowest BCUT2D eigenvalue weighted by Crippen LogP contribution is -2.60. The Kier molecular flexibility index (Phi) is 9.01. The van der Waals surface area contributed by atoms with Crippen LogP contribution in [0, 0.1) is 0 Å². The molecule has 0 bridgehead atoms. The highest BCUT2D eigenvalue weighted by Crippen LogP contribution is 2.44. The Morgan fingerprint density at radius 1 is 0.886 bits per heavy atom. The van der Waals surface area contributed by atoms with Crippen molar-refractivity contribution >= 4 is 23.9 Å². The van der Waals surface area contributed by atoms with Gasteiger partial charge in [0.25, 0.3) is 0 Å². The Bertz CT molecular complexity index is 1500. The number of likely N-dealkylation sites (tertiary alicyclic amines) is 1. The summed E-state index contributed by atoms with van der Waals surface area (Å²) >= 11 is 0. The molecular weight excluding hydrogens is 562 g/mol. The van der Waals surface area contributed by atoms with E-state index in [4.69, 9.17) is 4.74 Å². The number of ether oxygens (including phenoxy) is 1. The normalized spacial score (nSPS) is 18.1. The first kappa shape index (κ1) is 30.7. The fourth-order valence-electron chi connectivity index (χ4n) is 6.32. The second kappa shape index (κ2) is 12.9. The summed E-state index contributed by atoms with van der Waals surface area (Å²) < 4.78 is 5.57. The van der Waals surface area contributed by atoms with E-state index in [1.165, 1.54) is 4.90 Å². The number of aliphatic hydroxyl groups excluding tert-OH is 1. The quantitative estimate of drug-likeness (QED) is 0.279. The van der Waals surface area contributed by atoms with Gasteiger partial charge in [0.2, 0.25) is 11.8 Å². The highest BCUT2D eigenvalue weighted by atomic mass is 16.5. The minimum absolute atomic E-state index is 0.0322. The Balaban J connectivity index is 1.25. The van der Waals surface area contributed by atoms with Gasteiger partial charge in [-0.15, -0.1) is 0 Å². The number of aliphatic carboxylic acids is 1. The number of carboxylic acids is 1. The van der Waals surface area contributed by atoms with Crippen LogP contribution in [0.15, 0.2) is 78.9 Å². The standard InChI is InChI=1S/C34H37N3O7/c1-34(2)17-16-29(30(39)35-27(32(41)42)18-21-10-4-3-5-11-21)37(34)31(40)28(19-38)36-33(43)44-20-26-24-14-8-6-12-22(24)23-13-7-9-15-25(23)26/h3-15,26-29,38H,16-20H2,1-2H3,(H,35,39)(H,36,43)(H,41,42)/t27-,28-,29-/m0/s1. The number of nitrogens with zero attached hydrogens (tertiary/aromatic N) is 1. The van der Waals surface area contributed by atoms with E-state index in [2.05, 4.69) is 10.6 Å². The molecular formula is C34H37N3O7. The fourth-order valence-corrected chi connectivity index (χ4v) is 6.32. The van der Waals surface area contributed by atoms with E-state index < -0.39 is 54.1 Å². The molecule has 1 aliphatic carbocycles. The van der Waals surface area contributed by atoms with Crippen LogP contribution in [0.2, 0.25) is 0 Å². The van der Waals surface area contributed by atoms with Gasteiger partial charge in [-0.2, -0.15) is 0 Å². The van der Waals surface area contributed by atoms with Crippen molar-refractivity contribution in [3.05, 3.63) is 95.6 Å². The zero-order valence-electron chi connectivity index (χ0n) is 24.7. The molecule has 1 saturated heterocycles. The number of benzene rings is 3. The number of hydrogen-bond donors (Lipinski definition) is 4. The zero-order chi connectivity index (χ0) is 31.4. The van der Waals surface area contributed by atoms with E-state index in [0.29, 0.717) is 12.8 Å². The Morgan fingerprint density at radius 3 is 2.07 bits per heavy atom. The molecule has 1 fully saturated rings. The average molecular weight is 600 g/mol. The molecule has 10 heteroatoms. The van der Waals surface area contributed by atoms with Gasteiger partial charge >= 0.3 is 12.1 Å². The molecule has 1 aliphatic heterocycles. The van der Waals surface area contributed by atoms with E-state index in [0.717, 1.165) is 27.8 Å². The van der Waals surface area contributed by atoms with Crippen LogP contribution in [-0.2, 0) is 25.5 Å². The van der Waals surface area contributed by atoms with E-state index in [9.17, 15) is 29.4 Å². The maximum absolute atomic E-state index is 13.7. The van der Waals surface area contributed by atoms with Crippen LogP contribution in [-0.4, -0.2) is 75.9 Å².